The van der Waals surface area contributed by atoms with Gasteiger partial charge < -0.3 is 9.30 Å². The fraction of sp³-hybridized carbons (Fsp3) is 0.409. The van der Waals surface area contributed by atoms with Gasteiger partial charge in [-0.3, -0.25) is 14.9 Å². The number of nitro benzene ring substituents is 1. The van der Waals surface area contributed by atoms with E-state index in [2.05, 4.69) is 10.1 Å². The van der Waals surface area contributed by atoms with Crippen LogP contribution in [-0.4, -0.2) is 24.3 Å². The van der Waals surface area contributed by atoms with Crippen molar-refractivity contribution in [1.29, 1.82) is 0 Å². The van der Waals surface area contributed by atoms with Crippen LogP contribution >= 0.6 is 11.6 Å². The van der Waals surface area contributed by atoms with E-state index in [1.165, 1.54) is 16.9 Å². The van der Waals surface area contributed by atoms with Crippen molar-refractivity contribution in [2.75, 3.05) is 0 Å². The van der Waals surface area contributed by atoms with Crippen molar-refractivity contribution in [3.8, 4) is 5.75 Å². The van der Waals surface area contributed by atoms with Crippen molar-refractivity contribution >= 4 is 17.3 Å². The van der Waals surface area contributed by atoms with Crippen molar-refractivity contribution in [2.45, 2.75) is 58.7 Å². The topological polar surface area (TPSA) is 105 Å². The van der Waals surface area contributed by atoms with E-state index in [0.29, 0.717) is 17.5 Å². The summed E-state index contributed by atoms with van der Waals surface area (Å²) in [5.41, 5.74) is 0.371. The molecule has 0 aliphatic rings. The van der Waals surface area contributed by atoms with Crippen molar-refractivity contribution in [3.63, 3.8) is 0 Å². The van der Waals surface area contributed by atoms with Gasteiger partial charge in [-0.05, 0) is 45.6 Å². The second kappa shape index (κ2) is 9.95. The molecule has 9 nitrogen and oxygen atoms in total. The van der Waals surface area contributed by atoms with Gasteiger partial charge in [-0.15, -0.1) is 0 Å². The van der Waals surface area contributed by atoms with Gasteiger partial charge in [-0.1, -0.05) is 23.7 Å². The van der Waals surface area contributed by atoms with E-state index >= 15 is 0 Å². The molecule has 0 unspecified atom stereocenters. The first-order valence-electron chi connectivity index (χ1n) is 10.3. The minimum absolute atomic E-state index is 0.0299. The minimum atomic E-state index is -0.519. The summed E-state index contributed by atoms with van der Waals surface area (Å²) >= 11 is 6.17. The van der Waals surface area contributed by atoms with E-state index < -0.39 is 11.1 Å². The van der Waals surface area contributed by atoms with E-state index in [-0.39, 0.29) is 28.0 Å². The van der Waals surface area contributed by atoms with Crippen LogP contribution in [0.3, 0.4) is 0 Å². The first-order valence-corrected chi connectivity index (χ1v) is 10.7. The molecular formula is C22H26ClN5O4. The number of nitro groups is 1. The van der Waals surface area contributed by atoms with E-state index in [0.717, 1.165) is 19.4 Å². The number of imidazole rings is 1. The molecule has 0 aliphatic heterocycles. The van der Waals surface area contributed by atoms with Gasteiger partial charge in [0.05, 0.1) is 23.0 Å². The maximum atomic E-state index is 12.4. The van der Waals surface area contributed by atoms with Crippen molar-refractivity contribution in [1.82, 2.24) is 19.3 Å². The lowest BCUT2D eigenvalue weighted by Gasteiger charge is -2.21. The predicted molar refractivity (Wildman–Crippen MR) is 121 cm³/mol. The molecule has 3 aromatic rings. The lowest BCUT2D eigenvalue weighted by atomic mass is 10.0. The summed E-state index contributed by atoms with van der Waals surface area (Å²) in [5, 5.41) is 15.6. The molecule has 3 rings (SSSR count). The summed E-state index contributed by atoms with van der Waals surface area (Å²) in [6.07, 6.45) is 9.08. The third-order valence-electron chi connectivity index (χ3n) is 4.93. The number of rotatable bonds is 9. The molecule has 0 bridgehead atoms. The Morgan fingerprint density at radius 3 is 2.69 bits per heavy atom. The normalized spacial score (nSPS) is 11.5. The molecule has 0 fully saturated rings. The Morgan fingerprint density at radius 2 is 2.03 bits per heavy atom. The number of hydrogen-bond donors (Lipinski definition) is 0. The number of ether oxygens (including phenoxy) is 1. The molecule has 170 valence electrons. The summed E-state index contributed by atoms with van der Waals surface area (Å²) in [6.45, 7) is 6.38. The first-order chi connectivity index (χ1) is 15.2. The average molecular weight is 460 g/mol. The Bertz CT molecular complexity index is 1140. The molecule has 0 atom stereocenters. The fourth-order valence-corrected chi connectivity index (χ4v) is 3.45. The van der Waals surface area contributed by atoms with E-state index in [1.54, 1.807) is 24.7 Å². The molecule has 0 aliphatic carbocycles. The number of halogens is 1. The summed E-state index contributed by atoms with van der Waals surface area (Å²) in [4.78, 5) is 27.6. The van der Waals surface area contributed by atoms with Crippen LogP contribution in [0.15, 0.2) is 47.9 Å². The van der Waals surface area contributed by atoms with E-state index in [9.17, 15) is 14.9 Å². The molecule has 0 N–H and O–H groups in total. The van der Waals surface area contributed by atoms with Gasteiger partial charge in [0.1, 0.15) is 6.61 Å². The highest BCUT2D eigenvalue weighted by Gasteiger charge is 2.20. The Hall–Kier alpha value is -3.20. The second-order valence-corrected chi connectivity index (χ2v) is 8.86. The SMILES string of the molecule is CC(C)(C)n1ncc(OCc2ccc(CCCCn3ccnc3)c([N+](=O)[O-])c2)c(Cl)c1=O. The van der Waals surface area contributed by atoms with Crippen LogP contribution in [0.4, 0.5) is 5.69 Å². The quantitative estimate of drug-likeness (QED) is 0.267. The van der Waals surface area contributed by atoms with Crippen molar-refractivity contribution in [2.24, 2.45) is 0 Å². The standard InChI is InChI=1S/C22H26ClN5O4/c1-22(2,3)27-21(29)20(23)19(13-25-27)32-14-16-7-8-17(18(12-16)28(30)31)6-4-5-10-26-11-9-24-15-26/h7-9,11-13,15H,4-6,10,14H2,1-3H3. The Kier molecular flexibility index (Phi) is 7.29. The first kappa shape index (κ1) is 23.5. The van der Waals surface area contributed by atoms with Gasteiger partial charge in [0.15, 0.2) is 10.8 Å². The zero-order valence-corrected chi connectivity index (χ0v) is 19.1. The lowest BCUT2D eigenvalue weighted by Crippen LogP contribution is -2.36. The fourth-order valence-electron chi connectivity index (χ4n) is 3.27. The van der Waals surface area contributed by atoms with Crippen LogP contribution in [0, 0.1) is 10.1 Å². The largest absolute Gasteiger partial charge is 0.485 e. The van der Waals surface area contributed by atoms with Gasteiger partial charge >= 0.3 is 0 Å². The monoisotopic (exact) mass is 459 g/mol. The zero-order valence-electron chi connectivity index (χ0n) is 18.3. The van der Waals surface area contributed by atoms with Gasteiger partial charge in [0.25, 0.3) is 11.2 Å². The summed E-state index contributed by atoms with van der Waals surface area (Å²) in [7, 11) is 0. The highest BCUT2D eigenvalue weighted by Crippen LogP contribution is 2.25. The summed E-state index contributed by atoms with van der Waals surface area (Å²) in [5.74, 6) is 0.142. The molecule has 0 spiro atoms. The predicted octanol–water partition coefficient (Wildman–Crippen LogP) is 4.36. The van der Waals surface area contributed by atoms with Gasteiger partial charge in [-0.2, -0.15) is 5.10 Å². The third-order valence-corrected chi connectivity index (χ3v) is 5.28. The Labute approximate surface area is 190 Å². The average Bonchev–Trinajstić information content (AvgIpc) is 3.25. The molecule has 2 heterocycles. The smallest absolute Gasteiger partial charge is 0.289 e. The van der Waals surface area contributed by atoms with Crippen molar-refractivity contribution in [3.05, 3.63) is 79.7 Å². The van der Waals surface area contributed by atoms with Crippen molar-refractivity contribution < 1.29 is 9.66 Å². The lowest BCUT2D eigenvalue weighted by molar-refractivity contribution is -0.385. The van der Waals surface area contributed by atoms with E-state index in [1.807, 2.05) is 31.5 Å². The van der Waals surface area contributed by atoms with Gasteiger partial charge in [-0.25, -0.2) is 9.67 Å². The van der Waals surface area contributed by atoms with E-state index in [4.69, 9.17) is 16.3 Å². The maximum Gasteiger partial charge on any atom is 0.289 e. The highest BCUT2D eigenvalue weighted by molar-refractivity contribution is 6.31. The number of aromatic nitrogens is 4. The van der Waals surface area contributed by atoms with Crippen LogP contribution in [0.2, 0.25) is 5.02 Å². The van der Waals surface area contributed by atoms with Crippen LogP contribution in [0.25, 0.3) is 0 Å². The van der Waals surface area contributed by atoms with Gasteiger partial charge in [0.2, 0.25) is 0 Å². The number of nitrogens with zero attached hydrogens (tertiary/aromatic N) is 5. The molecule has 0 saturated carbocycles. The van der Waals surface area contributed by atoms with Crippen LogP contribution in [0.1, 0.15) is 44.7 Å². The number of hydrogen-bond acceptors (Lipinski definition) is 6. The zero-order chi connectivity index (χ0) is 23.3. The number of unbranched alkanes of at least 4 members (excludes halogenated alkanes) is 1. The van der Waals surface area contributed by atoms with Crippen LogP contribution in [0.5, 0.6) is 5.75 Å². The highest BCUT2D eigenvalue weighted by atomic mass is 35.5. The van der Waals surface area contributed by atoms with Crippen LogP contribution in [-0.2, 0) is 25.1 Å². The summed E-state index contributed by atoms with van der Waals surface area (Å²) in [6, 6.07) is 5.05. The number of benzene rings is 1. The third kappa shape index (κ3) is 5.73. The van der Waals surface area contributed by atoms with Crippen LogP contribution < -0.4 is 10.3 Å². The second-order valence-electron chi connectivity index (χ2n) is 8.48. The molecule has 10 heteroatoms. The minimum Gasteiger partial charge on any atom is -0.485 e. The molecule has 1 aromatic carbocycles. The Morgan fingerprint density at radius 1 is 1.25 bits per heavy atom. The molecule has 32 heavy (non-hydrogen) atoms. The number of aryl methyl sites for hydroxylation is 2. The molecule has 0 amide bonds. The molecule has 2 aromatic heterocycles. The summed E-state index contributed by atoms with van der Waals surface area (Å²) < 4.78 is 8.91. The maximum absolute atomic E-state index is 12.4. The molecule has 0 saturated heterocycles. The Balaban J connectivity index is 1.66. The molecular weight excluding hydrogens is 434 g/mol. The van der Waals surface area contributed by atoms with Gasteiger partial charge in [0, 0.05) is 30.6 Å². The molecule has 0 radical (unpaired) electrons.